The summed E-state index contributed by atoms with van der Waals surface area (Å²) >= 11 is 6.61. The molecule has 0 saturated heterocycles. The number of nitrogens with zero attached hydrogens (tertiary/aromatic N) is 1. The van der Waals surface area contributed by atoms with Crippen molar-refractivity contribution in [1.82, 2.24) is 10.2 Å². The summed E-state index contributed by atoms with van der Waals surface area (Å²) in [5, 5.41) is 2.99. The summed E-state index contributed by atoms with van der Waals surface area (Å²) in [5.41, 5.74) is 8.38. The van der Waals surface area contributed by atoms with Gasteiger partial charge in [0.1, 0.15) is 13.2 Å². The van der Waals surface area contributed by atoms with Crippen molar-refractivity contribution in [2.24, 2.45) is 5.73 Å². The van der Waals surface area contributed by atoms with Crippen molar-refractivity contribution in [1.29, 1.82) is 0 Å². The van der Waals surface area contributed by atoms with Crippen LogP contribution in [0.15, 0.2) is 60.7 Å². The number of nitrogens with one attached hydrogen (secondary N) is 1. The monoisotopic (exact) mass is 571 g/mol. The number of benzene rings is 3. The van der Waals surface area contributed by atoms with Gasteiger partial charge in [0.25, 0.3) is 5.91 Å². The van der Waals surface area contributed by atoms with Gasteiger partial charge >= 0.3 is 0 Å². The highest BCUT2D eigenvalue weighted by Gasteiger charge is 2.24. The predicted molar refractivity (Wildman–Crippen MR) is 153 cm³/mol. The van der Waals surface area contributed by atoms with Crippen molar-refractivity contribution in [2.75, 3.05) is 60.7 Å². The van der Waals surface area contributed by atoms with Gasteiger partial charge in [0, 0.05) is 56.4 Å². The average molecular weight is 572 g/mol. The third-order valence-electron chi connectivity index (χ3n) is 6.25. The lowest BCUT2D eigenvalue weighted by Gasteiger charge is -2.20. The number of nitrogens with two attached hydrogens (primary N) is 1. The van der Waals surface area contributed by atoms with Crippen LogP contribution in [0.3, 0.4) is 0 Å². The number of hydrogen-bond acceptors (Lipinski definition) is 6. The molecular formula is C30H35ClFN3O5. The van der Waals surface area contributed by atoms with Gasteiger partial charge in [-0.1, -0.05) is 48.0 Å². The summed E-state index contributed by atoms with van der Waals surface area (Å²) in [4.78, 5) is 26.3. The second kappa shape index (κ2) is 15.3. The SMILES string of the molecule is COCCOc1ccc(C(=O)NCCOCC(=O)N(C)C)c(-c2cc(C(CN)c3ccccc3)ccc2Cl)c1F. The minimum Gasteiger partial charge on any atom is -0.488 e. The van der Waals surface area contributed by atoms with Crippen molar-refractivity contribution in [3.8, 4) is 16.9 Å². The Hall–Kier alpha value is -3.50. The van der Waals surface area contributed by atoms with Gasteiger partial charge in [-0.2, -0.15) is 0 Å². The van der Waals surface area contributed by atoms with Gasteiger partial charge in [0.2, 0.25) is 5.91 Å². The first-order chi connectivity index (χ1) is 19.3. The molecule has 0 bridgehead atoms. The Morgan fingerprint density at radius 3 is 2.45 bits per heavy atom. The van der Waals surface area contributed by atoms with Crippen LogP contribution in [0, 0.1) is 5.82 Å². The molecule has 0 aliphatic heterocycles. The summed E-state index contributed by atoms with van der Waals surface area (Å²) in [7, 11) is 4.77. The Morgan fingerprint density at radius 1 is 1.02 bits per heavy atom. The molecule has 1 atom stereocenters. The van der Waals surface area contributed by atoms with Crippen LogP contribution in [0.2, 0.25) is 5.02 Å². The Morgan fingerprint density at radius 2 is 1.77 bits per heavy atom. The van der Waals surface area contributed by atoms with Crippen LogP contribution in [-0.2, 0) is 14.3 Å². The maximum absolute atomic E-state index is 16.0. The van der Waals surface area contributed by atoms with Crippen molar-refractivity contribution >= 4 is 23.4 Å². The molecule has 0 fully saturated rings. The summed E-state index contributed by atoms with van der Waals surface area (Å²) in [5.74, 6) is -1.64. The summed E-state index contributed by atoms with van der Waals surface area (Å²) < 4.78 is 32.0. The zero-order chi connectivity index (χ0) is 29.1. The second-order valence-electron chi connectivity index (χ2n) is 9.18. The smallest absolute Gasteiger partial charge is 0.252 e. The molecule has 10 heteroatoms. The Balaban J connectivity index is 1.96. The molecule has 0 spiro atoms. The van der Waals surface area contributed by atoms with Crippen LogP contribution >= 0.6 is 11.6 Å². The Kier molecular flexibility index (Phi) is 11.9. The first kappa shape index (κ1) is 31.0. The molecule has 0 radical (unpaired) electrons. The summed E-state index contributed by atoms with van der Waals surface area (Å²) in [6.07, 6.45) is 0. The number of methoxy groups -OCH3 is 1. The molecule has 0 aliphatic carbocycles. The van der Waals surface area contributed by atoms with Crippen molar-refractivity contribution in [3.63, 3.8) is 0 Å². The van der Waals surface area contributed by atoms with Gasteiger partial charge in [0.15, 0.2) is 11.6 Å². The van der Waals surface area contributed by atoms with Crippen LogP contribution in [0.4, 0.5) is 4.39 Å². The van der Waals surface area contributed by atoms with Gasteiger partial charge in [-0.15, -0.1) is 0 Å². The highest BCUT2D eigenvalue weighted by Crippen LogP contribution is 2.39. The number of rotatable bonds is 14. The highest BCUT2D eigenvalue weighted by molar-refractivity contribution is 6.33. The Labute approximate surface area is 239 Å². The fourth-order valence-electron chi connectivity index (χ4n) is 4.08. The zero-order valence-corrected chi connectivity index (χ0v) is 23.7. The van der Waals surface area contributed by atoms with Gasteiger partial charge in [-0.05, 0) is 35.4 Å². The van der Waals surface area contributed by atoms with Crippen molar-refractivity contribution in [3.05, 3.63) is 88.2 Å². The fraction of sp³-hybridized carbons (Fsp3) is 0.333. The van der Waals surface area contributed by atoms with E-state index in [1.165, 1.54) is 24.1 Å². The first-order valence-electron chi connectivity index (χ1n) is 12.8. The van der Waals surface area contributed by atoms with E-state index in [1.807, 2.05) is 36.4 Å². The summed E-state index contributed by atoms with van der Waals surface area (Å²) in [6, 6.07) is 17.9. The van der Waals surface area contributed by atoms with Crippen molar-refractivity contribution in [2.45, 2.75) is 5.92 Å². The lowest BCUT2D eigenvalue weighted by molar-refractivity contribution is -0.133. The van der Waals surface area contributed by atoms with E-state index in [1.54, 1.807) is 26.2 Å². The lowest BCUT2D eigenvalue weighted by Crippen LogP contribution is -2.30. The number of hydrogen-bond donors (Lipinski definition) is 2. The minimum absolute atomic E-state index is 0.00630. The zero-order valence-electron chi connectivity index (χ0n) is 22.9. The van der Waals surface area contributed by atoms with E-state index in [9.17, 15) is 9.59 Å². The Bertz CT molecular complexity index is 1290. The number of likely N-dealkylation sites (N-methyl/N-ethyl adjacent to an activating group) is 1. The van der Waals surface area contributed by atoms with Crippen LogP contribution in [0.5, 0.6) is 5.75 Å². The van der Waals surface area contributed by atoms with Gasteiger partial charge in [0.05, 0.1) is 18.8 Å². The van der Waals surface area contributed by atoms with E-state index in [0.717, 1.165) is 11.1 Å². The van der Waals surface area contributed by atoms with E-state index in [2.05, 4.69) is 5.32 Å². The van der Waals surface area contributed by atoms with Gasteiger partial charge < -0.3 is 30.2 Å². The van der Waals surface area contributed by atoms with Crippen LogP contribution < -0.4 is 15.8 Å². The first-order valence-corrected chi connectivity index (χ1v) is 13.2. The molecule has 214 valence electrons. The molecular weight excluding hydrogens is 537 g/mol. The molecule has 1 unspecified atom stereocenters. The maximum Gasteiger partial charge on any atom is 0.252 e. The number of carbonyl (C=O) groups excluding carboxylic acids is 2. The number of amides is 2. The van der Waals surface area contributed by atoms with Gasteiger partial charge in [-0.3, -0.25) is 9.59 Å². The molecule has 3 aromatic carbocycles. The molecule has 0 saturated carbocycles. The predicted octanol–water partition coefficient (Wildman–Crippen LogP) is 4.10. The molecule has 0 aromatic heterocycles. The third-order valence-corrected chi connectivity index (χ3v) is 6.58. The molecule has 3 aromatic rings. The van der Waals surface area contributed by atoms with E-state index in [0.29, 0.717) is 12.1 Å². The average Bonchev–Trinajstić information content (AvgIpc) is 2.95. The molecule has 3 N–H and O–H groups in total. The third kappa shape index (κ3) is 8.02. The molecule has 0 aliphatic rings. The second-order valence-corrected chi connectivity index (χ2v) is 9.58. The van der Waals surface area contributed by atoms with Crippen LogP contribution in [0.1, 0.15) is 27.4 Å². The number of halogens is 2. The number of ether oxygens (including phenoxy) is 3. The van der Waals surface area contributed by atoms with E-state index in [4.69, 9.17) is 31.5 Å². The normalized spacial score (nSPS) is 11.7. The summed E-state index contributed by atoms with van der Waals surface area (Å²) in [6.45, 7) is 0.813. The standard InChI is InChI=1S/C30H35ClFN3O5/c1-35(2)27(36)19-39-14-13-34-30(37)22-10-12-26(40-16-15-38-3)29(32)28(22)23-17-21(9-11-25(23)31)24(18-33)20-7-5-4-6-8-20/h4-12,17,24H,13-16,18-19,33H2,1-3H3,(H,34,37). The van der Waals surface area contributed by atoms with E-state index in [-0.39, 0.29) is 66.7 Å². The van der Waals surface area contributed by atoms with E-state index < -0.39 is 11.7 Å². The fourth-order valence-corrected chi connectivity index (χ4v) is 4.29. The molecule has 8 nitrogen and oxygen atoms in total. The van der Waals surface area contributed by atoms with Gasteiger partial charge in [-0.25, -0.2) is 4.39 Å². The largest absolute Gasteiger partial charge is 0.488 e. The van der Waals surface area contributed by atoms with Crippen LogP contribution in [0.25, 0.3) is 11.1 Å². The molecule has 3 rings (SSSR count). The topological polar surface area (TPSA) is 103 Å². The maximum atomic E-state index is 16.0. The molecule has 0 heterocycles. The van der Waals surface area contributed by atoms with Crippen LogP contribution in [-0.4, -0.2) is 77.4 Å². The van der Waals surface area contributed by atoms with Crippen molar-refractivity contribution < 1.29 is 28.2 Å². The quantitative estimate of drug-likeness (QED) is 0.283. The molecule has 40 heavy (non-hydrogen) atoms. The lowest BCUT2D eigenvalue weighted by atomic mass is 9.88. The van der Waals surface area contributed by atoms with E-state index >= 15 is 4.39 Å². The number of carbonyl (C=O) groups is 2. The molecule has 2 amide bonds. The minimum atomic E-state index is -0.723. The highest BCUT2D eigenvalue weighted by atomic mass is 35.5.